The highest BCUT2D eigenvalue weighted by Gasteiger charge is 2.28. The summed E-state index contributed by atoms with van der Waals surface area (Å²) < 4.78 is 42.1. The number of aryl methyl sites for hydroxylation is 3. The van der Waals surface area contributed by atoms with Crippen molar-refractivity contribution < 1.29 is 38.0 Å². The molecule has 3 aromatic rings. The Balaban J connectivity index is 1.47. The summed E-state index contributed by atoms with van der Waals surface area (Å²) in [6.45, 7) is 13.5. The van der Waals surface area contributed by atoms with Gasteiger partial charge in [0.1, 0.15) is 17.5 Å². The molecule has 0 spiro atoms. The van der Waals surface area contributed by atoms with Crippen molar-refractivity contribution in [2.45, 2.75) is 79.4 Å². The molecule has 9 nitrogen and oxygen atoms in total. The van der Waals surface area contributed by atoms with E-state index in [-0.39, 0.29) is 31.3 Å². The molecule has 4 rings (SSSR count). The summed E-state index contributed by atoms with van der Waals surface area (Å²) >= 11 is 0. The lowest BCUT2D eigenvalue weighted by Gasteiger charge is -2.22. The van der Waals surface area contributed by atoms with Crippen LogP contribution in [0.25, 0.3) is 0 Å². The second kappa shape index (κ2) is 14.5. The maximum Gasteiger partial charge on any atom is 0.325 e. The Bertz CT molecular complexity index is 1500. The zero-order valence-corrected chi connectivity index (χ0v) is 27.5. The lowest BCUT2D eigenvalue weighted by molar-refractivity contribution is -0.151. The minimum absolute atomic E-state index is 0.167. The topological polar surface area (TPSA) is 113 Å². The van der Waals surface area contributed by atoms with E-state index < -0.39 is 19.4 Å². The molecular formula is C34H44NO8P. The van der Waals surface area contributed by atoms with Gasteiger partial charge in [0.25, 0.3) is 7.37 Å². The van der Waals surface area contributed by atoms with Crippen LogP contribution in [0.2, 0.25) is 0 Å². The summed E-state index contributed by atoms with van der Waals surface area (Å²) in [4.78, 5) is 12.3. The van der Waals surface area contributed by atoms with Crippen molar-refractivity contribution in [2.24, 2.45) is 0 Å². The first-order valence-corrected chi connectivity index (χ1v) is 17.0. The number of rotatable bonds is 14. The SMILES string of the molecule is Cc1cc(OCP(=O)(CCc2ccc3c(c2)OCO3)ON[C@H](C)C(=O)OC(C)C)cc(C)c1Cc1ccc(O)c(C(C)C)c1. The first kappa shape index (κ1) is 33.4. The molecule has 0 radical (unpaired) electrons. The van der Waals surface area contributed by atoms with Crippen LogP contribution >= 0.6 is 7.37 Å². The van der Waals surface area contributed by atoms with Gasteiger partial charge in [-0.05, 0) is 117 Å². The first-order valence-electron chi connectivity index (χ1n) is 15.0. The Hall–Kier alpha value is -3.52. The Morgan fingerprint density at radius 3 is 2.32 bits per heavy atom. The van der Waals surface area contributed by atoms with Crippen molar-refractivity contribution in [3.05, 3.63) is 81.9 Å². The molecule has 0 aromatic heterocycles. The van der Waals surface area contributed by atoms with Crippen LogP contribution in [0.4, 0.5) is 0 Å². The fourth-order valence-corrected chi connectivity index (χ4v) is 6.53. The van der Waals surface area contributed by atoms with Crippen LogP contribution in [0, 0.1) is 13.8 Å². The van der Waals surface area contributed by atoms with Crippen LogP contribution in [0.5, 0.6) is 23.0 Å². The van der Waals surface area contributed by atoms with Gasteiger partial charge in [-0.25, -0.2) is 4.62 Å². The summed E-state index contributed by atoms with van der Waals surface area (Å²) in [5.41, 5.74) is 8.84. The number of aromatic hydroxyl groups is 1. The van der Waals surface area contributed by atoms with Crippen LogP contribution in [0.3, 0.4) is 0 Å². The van der Waals surface area contributed by atoms with Gasteiger partial charge < -0.3 is 24.1 Å². The number of esters is 1. The molecule has 3 aromatic carbocycles. The van der Waals surface area contributed by atoms with Gasteiger partial charge in [0.2, 0.25) is 6.79 Å². The van der Waals surface area contributed by atoms with E-state index in [0.29, 0.717) is 35.8 Å². The molecule has 0 bridgehead atoms. The van der Waals surface area contributed by atoms with Crippen LogP contribution in [0.1, 0.15) is 73.9 Å². The second-order valence-corrected chi connectivity index (χ2v) is 14.4. The Kier molecular flexibility index (Phi) is 11.0. The van der Waals surface area contributed by atoms with Gasteiger partial charge in [0, 0.05) is 6.16 Å². The minimum Gasteiger partial charge on any atom is -0.508 e. The van der Waals surface area contributed by atoms with Gasteiger partial charge >= 0.3 is 5.97 Å². The summed E-state index contributed by atoms with van der Waals surface area (Å²) in [5, 5.41) is 10.2. The number of ether oxygens (including phenoxy) is 4. The fraction of sp³-hybridized carbons (Fsp3) is 0.441. The van der Waals surface area contributed by atoms with E-state index in [0.717, 1.165) is 27.8 Å². The van der Waals surface area contributed by atoms with Crippen LogP contribution < -0.4 is 19.7 Å². The number of carbonyl (C=O) groups excluding carboxylic acids is 1. The lowest BCUT2D eigenvalue weighted by atomic mass is 9.93. The van der Waals surface area contributed by atoms with E-state index in [1.54, 1.807) is 26.8 Å². The molecular weight excluding hydrogens is 581 g/mol. The van der Waals surface area contributed by atoms with Gasteiger partial charge in [-0.2, -0.15) is 5.48 Å². The van der Waals surface area contributed by atoms with Crippen LogP contribution in [-0.4, -0.2) is 42.5 Å². The Morgan fingerprint density at radius 2 is 1.64 bits per heavy atom. The third-order valence-corrected chi connectivity index (χ3v) is 9.34. The maximum absolute atomic E-state index is 14.1. The van der Waals surface area contributed by atoms with Gasteiger partial charge in [0.05, 0.1) is 6.10 Å². The van der Waals surface area contributed by atoms with Crippen molar-refractivity contribution in [2.75, 3.05) is 19.3 Å². The average Bonchev–Trinajstić information content (AvgIpc) is 3.44. The Morgan fingerprint density at radius 1 is 0.955 bits per heavy atom. The molecule has 0 fully saturated rings. The quantitative estimate of drug-likeness (QED) is 0.109. The lowest BCUT2D eigenvalue weighted by Crippen LogP contribution is -2.36. The summed E-state index contributed by atoms with van der Waals surface area (Å²) in [7, 11) is -3.45. The van der Waals surface area contributed by atoms with Crippen molar-refractivity contribution in [1.29, 1.82) is 0 Å². The number of carbonyl (C=O) groups is 1. The first-order chi connectivity index (χ1) is 20.8. The molecule has 0 amide bonds. The highest BCUT2D eigenvalue weighted by molar-refractivity contribution is 7.58. The van der Waals surface area contributed by atoms with E-state index >= 15 is 0 Å². The molecule has 1 aliphatic rings. The number of hydroxylamine groups is 1. The number of nitrogens with one attached hydrogen (secondary N) is 1. The summed E-state index contributed by atoms with van der Waals surface area (Å²) in [6.07, 6.45) is 0.842. The summed E-state index contributed by atoms with van der Waals surface area (Å²) in [5.74, 6) is 1.93. The molecule has 0 saturated carbocycles. The minimum atomic E-state index is -3.45. The normalized spacial score (nSPS) is 14.5. The van der Waals surface area contributed by atoms with E-state index in [9.17, 15) is 14.5 Å². The van der Waals surface area contributed by atoms with Gasteiger partial charge in [-0.15, -0.1) is 0 Å². The molecule has 2 N–H and O–H groups in total. The monoisotopic (exact) mass is 625 g/mol. The third-order valence-electron chi connectivity index (χ3n) is 7.47. The summed E-state index contributed by atoms with van der Waals surface area (Å²) in [6, 6.07) is 14.4. The zero-order chi connectivity index (χ0) is 32.0. The van der Waals surface area contributed by atoms with Gasteiger partial charge in [-0.3, -0.25) is 9.36 Å². The molecule has 2 atom stereocenters. The predicted octanol–water partition coefficient (Wildman–Crippen LogP) is 7.17. The molecule has 238 valence electrons. The maximum atomic E-state index is 14.1. The van der Waals surface area contributed by atoms with E-state index in [4.69, 9.17) is 23.6 Å². The average molecular weight is 626 g/mol. The highest BCUT2D eigenvalue weighted by Crippen LogP contribution is 2.47. The van der Waals surface area contributed by atoms with Crippen molar-refractivity contribution in [3.63, 3.8) is 0 Å². The number of hydrogen-bond acceptors (Lipinski definition) is 9. The van der Waals surface area contributed by atoms with Crippen LogP contribution in [-0.2, 0) is 31.6 Å². The van der Waals surface area contributed by atoms with Gasteiger partial charge in [-0.1, -0.05) is 32.0 Å². The van der Waals surface area contributed by atoms with E-state index in [1.165, 1.54) is 5.56 Å². The predicted molar refractivity (Wildman–Crippen MR) is 170 cm³/mol. The molecule has 0 saturated heterocycles. The third kappa shape index (κ3) is 8.78. The van der Waals surface area contributed by atoms with Crippen molar-refractivity contribution in [1.82, 2.24) is 5.48 Å². The molecule has 1 aliphatic heterocycles. The zero-order valence-electron chi connectivity index (χ0n) is 26.6. The number of phenols is 1. The van der Waals surface area contributed by atoms with E-state index in [2.05, 4.69) is 25.4 Å². The molecule has 44 heavy (non-hydrogen) atoms. The fourth-order valence-electron chi connectivity index (χ4n) is 4.96. The number of fused-ring (bicyclic) bond motifs is 1. The molecule has 1 heterocycles. The van der Waals surface area contributed by atoms with Crippen molar-refractivity contribution in [3.8, 4) is 23.0 Å². The van der Waals surface area contributed by atoms with Gasteiger partial charge in [0.15, 0.2) is 17.8 Å². The smallest absolute Gasteiger partial charge is 0.325 e. The molecule has 1 unspecified atom stereocenters. The molecule has 0 aliphatic carbocycles. The Labute approximate surface area is 260 Å². The number of phenolic OH excluding ortho intramolecular Hbond substituents is 1. The van der Waals surface area contributed by atoms with E-state index in [1.807, 2.05) is 50.2 Å². The second-order valence-electron chi connectivity index (χ2n) is 11.9. The standard InChI is InChI=1S/C34H44NO8P/c1-21(2)29-16-27(8-10-31(29)36)17-30-23(5)14-28(15-24(30)6)41-20-44(38,43-35-25(7)34(37)42-22(3)4)13-12-26-9-11-32-33(18-26)40-19-39-32/h8-11,14-16,18,21-22,25,35-36H,12-13,17,19-20H2,1-7H3/t25-,44?/m1/s1. The largest absolute Gasteiger partial charge is 0.508 e. The number of benzene rings is 3. The van der Waals surface area contributed by atoms with Crippen LogP contribution in [0.15, 0.2) is 48.5 Å². The van der Waals surface area contributed by atoms with Crippen molar-refractivity contribution >= 4 is 13.3 Å². The highest BCUT2D eigenvalue weighted by atomic mass is 31.2. The molecule has 10 heteroatoms. The number of hydrogen-bond donors (Lipinski definition) is 2.